The minimum Gasteiger partial charge on any atom is -0.493 e. The maximum absolute atomic E-state index is 12.9. The lowest BCUT2D eigenvalue weighted by molar-refractivity contribution is 0.0721. The molecule has 204 valence electrons. The van der Waals surface area contributed by atoms with Crippen LogP contribution in [0.4, 0.5) is 0 Å². The van der Waals surface area contributed by atoms with Gasteiger partial charge in [0, 0.05) is 0 Å². The lowest BCUT2D eigenvalue weighted by atomic mass is 10.1. The molecule has 1 heterocycles. The highest BCUT2D eigenvalue weighted by Gasteiger charge is 2.24. The highest BCUT2D eigenvalue weighted by molar-refractivity contribution is 5.95. The second-order valence-electron chi connectivity index (χ2n) is 9.27. The van der Waals surface area contributed by atoms with E-state index in [1.54, 1.807) is 42.5 Å². The number of unbranched alkanes of at least 4 members (excludes halogenated alkanes) is 7. The first-order chi connectivity index (χ1) is 18.7. The quantitative estimate of drug-likeness (QED) is 0.0772. The first-order valence-electron chi connectivity index (χ1n) is 13.9. The van der Waals surface area contributed by atoms with Crippen LogP contribution in [0.15, 0.2) is 69.9 Å². The summed E-state index contributed by atoms with van der Waals surface area (Å²) in [6.07, 6.45) is 15.3. The van der Waals surface area contributed by atoms with E-state index < -0.39 is 11.6 Å². The van der Waals surface area contributed by atoms with E-state index >= 15 is 0 Å². The molecule has 6 nitrogen and oxygen atoms in total. The van der Waals surface area contributed by atoms with Crippen LogP contribution in [0, 0.1) is 0 Å². The Morgan fingerprint density at radius 1 is 0.789 bits per heavy atom. The topological polar surface area (TPSA) is 75.0 Å². The standard InChI is InChI=1S/C32H40O6/c1-3-5-7-9-10-11-12-17-23-35-26-21-18-22-27-28(26)29(36-24-16-8-6-4-2)30(32(34)37-27)38-31(33)25-19-14-13-15-20-25/h6,8,13-15,18-22H,3-5,7,9-12,16-17,23-24H2,1-2H3/b8-6+. The van der Waals surface area contributed by atoms with Crippen LogP contribution >= 0.6 is 0 Å². The Labute approximate surface area is 225 Å². The van der Waals surface area contributed by atoms with E-state index in [0.29, 0.717) is 41.9 Å². The number of ether oxygens (including phenoxy) is 3. The molecule has 0 amide bonds. The molecule has 0 fully saturated rings. The van der Waals surface area contributed by atoms with Crippen LogP contribution in [0.25, 0.3) is 11.0 Å². The van der Waals surface area contributed by atoms with Gasteiger partial charge in [0.15, 0.2) is 5.75 Å². The van der Waals surface area contributed by atoms with Gasteiger partial charge in [0.25, 0.3) is 5.75 Å². The Morgan fingerprint density at radius 2 is 1.53 bits per heavy atom. The number of fused-ring (bicyclic) bond motifs is 1. The van der Waals surface area contributed by atoms with Gasteiger partial charge in [-0.2, -0.15) is 0 Å². The summed E-state index contributed by atoms with van der Waals surface area (Å²) in [5.74, 6) is -0.235. The van der Waals surface area contributed by atoms with Crippen molar-refractivity contribution in [3.63, 3.8) is 0 Å². The predicted octanol–water partition coefficient (Wildman–Crippen LogP) is 8.27. The third-order valence-electron chi connectivity index (χ3n) is 6.20. The number of benzene rings is 2. The molecule has 3 aromatic rings. The van der Waals surface area contributed by atoms with Crippen molar-refractivity contribution in [2.75, 3.05) is 13.2 Å². The maximum atomic E-state index is 12.9. The number of carbonyl (C=O) groups excluding carboxylic acids is 1. The molecule has 6 heteroatoms. The van der Waals surface area contributed by atoms with Gasteiger partial charge in [0.1, 0.15) is 16.7 Å². The van der Waals surface area contributed by atoms with Crippen LogP contribution in [0.5, 0.6) is 17.2 Å². The molecule has 0 bridgehead atoms. The molecular formula is C32H40O6. The number of hydrogen-bond acceptors (Lipinski definition) is 6. The van der Waals surface area contributed by atoms with E-state index in [4.69, 9.17) is 18.6 Å². The molecule has 0 aliphatic carbocycles. The SMILES string of the molecule is CC/C=C/CCOc1c(OC(=O)c2ccccc2)c(=O)oc2cccc(OCCCCCCCCCC)c12. The monoisotopic (exact) mass is 520 g/mol. The smallest absolute Gasteiger partial charge is 0.383 e. The number of allylic oxidation sites excluding steroid dienone is 1. The summed E-state index contributed by atoms with van der Waals surface area (Å²) >= 11 is 0. The van der Waals surface area contributed by atoms with Crippen molar-refractivity contribution < 1.29 is 23.4 Å². The minimum atomic E-state index is -0.777. The number of rotatable bonds is 17. The van der Waals surface area contributed by atoms with Gasteiger partial charge >= 0.3 is 11.6 Å². The maximum Gasteiger partial charge on any atom is 0.383 e. The fourth-order valence-corrected chi connectivity index (χ4v) is 4.18. The third-order valence-corrected chi connectivity index (χ3v) is 6.20. The van der Waals surface area contributed by atoms with E-state index in [-0.39, 0.29) is 11.5 Å². The van der Waals surface area contributed by atoms with Crippen molar-refractivity contribution in [3.8, 4) is 17.2 Å². The van der Waals surface area contributed by atoms with Crippen molar-refractivity contribution in [1.82, 2.24) is 0 Å². The summed E-state index contributed by atoms with van der Waals surface area (Å²) in [6, 6.07) is 13.8. The van der Waals surface area contributed by atoms with Crippen molar-refractivity contribution >= 4 is 16.9 Å². The summed E-state index contributed by atoms with van der Waals surface area (Å²) in [6.45, 7) is 5.12. The Morgan fingerprint density at radius 3 is 2.26 bits per heavy atom. The molecule has 0 N–H and O–H groups in total. The van der Waals surface area contributed by atoms with E-state index in [2.05, 4.69) is 19.9 Å². The summed E-state index contributed by atoms with van der Waals surface area (Å²) < 4.78 is 23.3. The lowest BCUT2D eigenvalue weighted by Gasteiger charge is -2.15. The highest BCUT2D eigenvalue weighted by atomic mass is 16.6. The zero-order valence-corrected chi connectivity index (χ0v) is 22.7. The summed E-state index contributed by atoms with van der Waals surface area (Å²) in [4.78, 5) is 25.7. The molecule has 0 saturated carbocycles. The van der Waals surface area contributed by atoms with Crippen LogP contribution < -0.4 is 19.8 Å². The summed E-state index contributed by atoms with van der Waals surface area (Å²) in [5, 5.41) is 0.488. The number of esters is 1. The van der Waals surface area contributed by atoms with Crippen molar-refractivity contribution in [3.05, 3.63) is 76.7 Å². The Kier molecular flexibility index (Phi) is 12.5. The lowest BCUT2D eigenvalue weighted by Crippen LogP contribution is -2.16. The van der Waals surface area contributed by atoms with Crippen LogP contribution in [0.2, 0.25) is 0 Å². The predicted molar refractivity (Wildman–Crippen MR) is 152 cm³/mol. The molecule has 1 aromatic heterocycles. The van der Waals surface area contributed by atoms with Gasteiger partial charge in [-0.05, 0) is 43.5 Å². The van der Waals surface area contributed by atoms with Gasteiger partial charge in [-0.25, -0.2) is 9.59 Å². The average Bonchev–Trinajstić information content (AvgIpc) is 2.93. The minimum absolute atomic E-state index is 0.164. The van der Waals surface area contributed by atoms with Gasteiger partial charge in [-0.3, -0.25) is 0 Å². The fourth-order valence-electron chi connectivity index (χ4n) is 4.18. The van der Waals surface area contributed by atoms with Gasteiger partial charge in [0.2, 0.25) is 0 Å². The van der Waals surface area contributed by atoms with Crippen molar-refractivity contribution in [1.29, 1.82) is 0 Å². The van der Waals surface area contributed by atoms with Crippen LogP contribution in [0.1, 0.15) is 88.4 Å². The number of carbonyl (C=O) groups is 1. The molecule has 0 aliphatic heterocycles. The van der Waals surface area contributed by atoms with E-state index in [0.717, 1.165) is 19.3 Å². The Bertz CT molecular complexity index is 1210. The first kappa shape index (κ1) is 29.0. The van der Waals surface area contributed by atoms with E-state index in [9.17, 15) is 9.59 Å². The molecule has 0 spiro atoms. The fraction of sp³-hybridized carbons (Fsp3) is 0.438. The number of hydrogen-bond donors (Lipinski definition) is 0. The summed E-state index contributed by atoms with van der Waals surface area (Å²) in [5.41, 5.74) is -0.133. The van der Waals surface area contributed by atoms with Gasteiger partial charge in [0.05, 0.1) is 18.8 Å². The molecule has 0 saturated heterocycles. The van der Waals surface area contributed by atoms with Crippen LogP contribution in [-0.2, 0) is 0 Å². The molecule has 2 aromatic carbocycles. The zero-order chi connectivity index (χ0) is 27.0. The molecule has 0 aliphatic rings. The molecule has 0 radical (unpaired) electrons. The summed E-state index contributed by atoms with van der Waals surface area (Å²) in [7, 11) is 0. The van der Waals surface area contributed by atoms with E-state index in [1.807, 2.05) is 12.1 Å². The molecule has 0 atom stereocenters. The average molecular weight is 521 g/mol. The molecule has 38 heavy (non-hydrogen) atoms. The highest BCUT2D eigenvalue weighted by Crippen LogP contribution is 2.39. The Hall–Kier alpha value is -3.54. The first-order valence-corrected chi connectivity index (χ1v) is 13.9. The molecule has 3 rings (SSSR count). The molecular weight excluding hydrogens is 480 g/mol. The second kappa shape index (κ2) is 16.3. The van der Waals surface area contributed by atoms with Gasteiger partial charge in [-0.15, -0.1) is 0 Å². The van der Waals surface area contributed by atoms with Crippen molar-refractivity contribution in [2.24, 2.45) is 0 Å². The van der Waals surface area contributed by atoms with Crippen LogP contribution in [-0.4, -0.2) is 19.2 Å². The van der Waals surface area contributed by atoms with E-state index in [1.165, 1.54) is 38.5 Å². The van der Waals surface area contributed by atoms with Gasteiger partial charge < -0.3 is 18.6 Å². The normalized spacial score (nSPS) is 11.2. The van der Waals surface area contributed by atoms with Gasteiger partial charge in [-0.1, -0.05) is 95.2 Å². The van der Waals surface area contributed by atoms with Crippen molar-refractivity contribution in [2.45, 2.75) is 78.1 Å². The Balaban J connectivity index is 1.81. The van der Waals surface area contributed by atoms with Crippen LogP contribution in [0.3, 0.4) is 0 Å². The second-order valence-corrected chi connectivity index (χ2v) is 9.27. The largest absolute Gasteiger partial charge is 0.493 e. The third kappa shape index (κ3) is 8.79. The zero-order valence-electron chi connectivity index (χ0n) is 22.7. The molecule has 0 unspecified atom stereocenters.